The molecule has 1 rings (SSSR count). The topological polar surface area (TPSA) is 26.3 Å². The zero-order chi connectivity index (χ0) is 14.1. The fourth-order valence-electron chi connectivity index (χ4n) is 1.44. The van der Waals surface area contributed by atoms with Gasteiger partial charge in [-0.25, -0.2) is 0 Å². The lowest BCUT2D eigenvalue weighted by Crippen LogP contribution is -2.14. The molecule has 0 spiro atoms. The van der Waals surface area contributed by atoms with Crippen LogP contribution in [-0.2, 0) is 9.53 Å². The van der Waals surface area contributed by atoms with E-state index in [1.165, 1.54) is 39.5 Å². The number of carbonyl (C=O) groups excluding carboxylic acids is 1. The predicted molar refractivity (Wildman–Crippen MR) is 77.5 cm³/mol. The molecule has 0 amide bonds. The normalized spacial score (nSPS) is 14.1. The van der Waals surface area contributed by atoms with Gasteiger partial charge in [-0.2, -0.15) is 0 Å². The van der Waals surface area contributed by atoms with Crippen LogP contribution in [0.15, 0.2) is 0 Å². The lowest BCUT2D eigenvalue weighted by Gasteiger charge is -2.20. The SMILES string of the molecule is CC.CC.CC(C)=O.CCCC1CCOCC1. The van der Waals surface area contributed by atoms with Crippen molar-refractivity contribution in [1.29, 1.82) is 0 Å². The van der Waals surface area contributed by atoms with Crippen molar-refractivity contribution in [3.05, 3.63) is 0 Å². The van der Waals surface area contributed by atoms with Crippen LogP contribution in [0.3, 0.4) is 0 Å². The van der Waals surface area contributed by atoms with Gasteiger partial charge in [-0.05, 0) is 32.6 Å². The summed E-state index contributed by atoms with van der Waals surface area (Å²) in [6.07, 6.45) is 5.34. The summed E-state index contributed by atoms with van der Waals surface area (Å²) < 4.78 is 5.25. The van der Waals surface area contributed by atoms with Crippen LogP contribution >= 0.6 is 0 Å². The first-order chi connectivity index (χ1) is 8.16. The molecule has 1 saturated heterocycles. The number of ketones is 1. The van der Waals surface area contributed by atoms with E-state index < -0.39 is 0 Å². The van der Waals surface area contributed by atoms with Crippen LogP contribution in [0.2, 0.25) is 0 Å². The van der Waals surface area contributed by atoms with Crippen LogP contribution in [0.4, 0.5) is 0 Å². The summed E-state index contributed by atoms with van der Waals surface area (Å²) in [4.78, 5) is 9.44. The largest absolute Gasteiger partial charge is 0.381 e. The van der Waals surface area contributed by atoms with E-state index in [0.717, 1.165) is 19.1 Å². The summed E-state index contributed by atoms with van der Waals surface area (Å²) in [6.45, 7) is 15.3. The van der Waals surface area contributed by atoms with E-state index in [2.05, 4.69) is 6.92 Å². The molecule has 1 aliphatic rings. The molecule has 0 N–H and O–H groups in total. The summed E-state index contributed by atoms with van der Waals surface area (Å²) in [6, 6.07) is 0. The van der Waals surface area contributed by atoms with Gasteiger partial charge in [0.25, 0.3) is 0 Å². The fraction of sp³-hybridized carbons (Fsp3) is 0.933. The highest BCUT2D eigenvalue weighted by molar-refractivity contribution is 5.72. The quantitative estimate of drug-likeness (QED) is 0.695. The monoisotopic (exact) mass is 246 g/mol. The maximum atomic E-state index is 9.44. The van der Waals surface area contributed by atoms with Gasteiger partial charge in [-0.15, -0.1) is 0 Å². The van der Waals surface area contributed by atoms with Crippen LogP contribution in [0.1, 0.15) is 74.1 Å². The number of carbonyl (C=O) groups is 1. The van der Waals surface area contributed by atoms with Crippen LogP contribution in [0.25, 0.3) is 0 Å². The summed E-state index contributed by atoms with van der Waals surface area (Å²) in [5, 5.41) is 0. The zero-order valence-electron chi connectivity index (χ0n) is 13.1. The molecule has 2 nitrogen and oxygen atoms in total. The van der Waals surface area contributed by atoms with Crippen LogP contribution in [0, 0.1) is 5.92 Å². The second-order valence-corrected chi connectivity index (χ2v) is 3.75. The van der Waals surface area contributed by atoms with Gasteiger partial charge in [0, 0.05) is 13.2 Å². The van der Waals surface area contributed by atoms with Gasteiger partial charge in [-0.3, -0.25) is 0 Å². The summed E-state index contributed by atoms with van der Waals surface area (Å²) in [5.41, 5.74) is 0. The lowest BCUT2D eigenvalue weighted by molar-refractivity contribution is -0.114. The third kappa shape index (κ3) is 25.7. The van der Waals surface area contributed by atoms with Crippen molar-refractivity contribution in [2.24, 2.45) is 5.92 Å². The minimum absolute atomic E-state index is 0.167. The van der Waals surface area contributed by atoms with Gasteiger partial charge in [-0.1, -0.05) is 47.5 Å². The third-order valence-electron chi connectivity index (χ3n) is 2.04. The Bertz CT molecular complexity index is 120. The molecule has 17 heavy (non-hydrogen) atoms. The minimum atomic E-state index is 0.167. The van der Waals surface area contributed by atoms with E-state index in [1.807, 2.05) is 27.7 Å². The molecule has 106 valence electrons. The molecular weight excluding hydrogens is 212 g/mol. The summed E-state index contributed by atoms with van der Waals surface area (Å²) in [5.74, 6) is 1.14. The Labute approximate surface area is 109 Å². The van der Waals surface area contributed by atoms with E-state index in [4.69, 9.17) is 4.74 Å². The van der Waals surface area contributed by atoms with E-state index in [9.17, 15) is 4.79 Å². The maximum absolute atomic E-state index is 9.44. The van der Waals surface area contributed by atoms with Crippen molar-refractivity contribution in [3.8, 4) is 0 Å². The number of ether oxygens (including phenoxy) is 1. The summed E-state index contributed by atoms with van der Waals surface area (Å²) in [7, 11) is 0. The van der Waals surface area contributed by atoms with Crippen molar-refractivity contribution in [2.45, 2.75) is 74.1 Å². The zero-order valence-corrected chi connectivity index (χ0v) is 13.1. The molecule has 0 bridgehead atoms. The second kappa shape index (κ2) is 21.0. The Morgan fingerprint density at radius 1 is 1.06 bits per heavy atom. The molecular formula is C15H34O2. The summed E-state index contributed by atoms with van der Waals surface area (Å²) >= 11 is 0. The van der Waals surface area contributed by atoms with Gasteiger partial charge >= 0.3 is 0 Å². The van der Waals surface area contributed by atoms with Crippen molar-refractivity contribution in [1.82, 2.24) is 0 Å². The Hall–Kier alpha value is -0.370. The fourth-order valence-corrected chi connectivity index (χ4v) is 1.44. The first-order valence-electron chi connectivity index (χ1n) is 7.21. The lowest BCUT2D eigenvalue weighted by atomic mass is 9.95. The Kier molecular flexibility index (Phi) is 27.0. The Morgan fingerprint density at radius 2 is 1.41 bits per heavy atom. The van der Waals surface area contributed by atoms with E-state index >= 15 is 0 Å². The highest BCUT2D eigenvalue weighted by Gasteiger charge is 2.11. The third-order valence-corrected chi connectivity index (χ3v) is 2.04. The highest BCUT2D eigenvalue weighted by atomic mass is 16.5. The van der Waals surface area contributed by atoms with Gasteiger partial charge in [0.1, 0.15) is 5.78 Å². The average molecular weight is 246 g/mol. The van der Waals surface area contributed by atoms with Gasteiger partial charge in [0.05, 0.1) is 0 Å². The molecule has 0 radical (unpaired) electrons. The van der Waals surface area contributed by atoms with Crippen molar-refractivity contribution in [2.75, 3.05) is 13.2 Å². The number of Topliss-reactive ketones (excluding diaryl/α,β-unsaturated/α-hetero) is 1. The molecule has 2 heteroatoms. The minimum Gasteiger partial charge on any atom is -0.381 e. The molecule has 0 aromatic carbocycles. The predicted octanol–water partition coefficient (Wildman–Crippen LogP) is 4.86. The van der Waals surface area contributed by atoms with Gasteiger partial charge < -0.3 is 9.53 Å². The Morgan fingerprint density at radius 3 is 1.71 bits per heavy atom. The Balaban J connectivity index is -0.000000208. The standard InChI is InChI=1S/C8H16O.C3H6O.2C2H6/c1-2-3-8-4-6-9-7-5-8;1-3(2)4;2*1-2/h8H,2-7H2,1H3;1-2H3;2*1-2H3. The van der Waals surface area contributed by atoms with Gasteiger partial charge in [0.2, 0.25) is 0 Å². The van der Waals surface area contributed by atoms with Crippen molar-refractivity contribution in [3.63, 3.8) is 0 Å². The molecule has 1 fully saturated rings. The molecule has 0 saturated carbocycles. The molecule has 0 unspecified atom stereocenters. The molecule has 1 aliphatic heterocycles. The second-order valence-electron chi connectivity index (χ2n) is 3.75. The molecule has 0 aromatic rings. The van der Waals surface area contributed by atoms with Crippen LogP contribution < -0.4 is 0 Å². The first-order valence-corrected chi connectivity index (χ1v) is 7.21. The highest BCUT2D eigenvalue weighted by Crippen LogP contribution is 2.19. The molecule has 0 aromatic heterocycles. The van der Waals surface area contributed by atoms with E-state index in [1.54, 1.807) is 0 Å². The van der Waals surface area contributed by atoms with E-state index in [-0.39, 0.29) is 5.78 Å². The smallest absolute Gasteiger partial charge is 0.126 e. The first kappa shape index (κ1) is 21.9. The number of hydrogen-bond acceptors (Lipinski definition) is 2. The molecule has 1 heterocycles. The van der Waals surface area contributed by atoms with E-state index in [0.29, 0.717) is 0 Å². The van der Waals surface area contributed by atoms with Gasteiger partial charge in [0.15, 0.2) is 0 Å². The van der Waals surface area contributed by atoms with Crippen LogP contribution in [0.5, 0.6) is 0 Å². The molecule has 0 aliphatic carbocycles. The average Bonchev–Trinajstić information content (AvgIpc) is 2.35. The maximum Gasteiger partial charge on any atom is 0.126 e. The van der Waals surface area contributed by atoms with Crippen molar-refractivity contribution < 1.29 is 9.53 Å². The number of hydrogen-bond donors (Lipinski definition) is 0. The van der Waals surface area contributed by atoms with Crippen molar-refractivity contribution >= 4 is 5.78 Å². The van der Waals surface area contributed by atoms with Crippen LogP contribution in [-0.4, -0.2) is 19.0 Å². The molecule has 0 atom stereocenters. The number of rotatable bonds is 2.